The van der Waals surface area contributed by atoms with Crippen molar-refractivity contribution in [1.82, 2.24) is 10.1 Å². The molecule has 1 amide bonds. The van der Waals surface area contributed by atoms with Crippen LogP contribution in [0.5, 0.6) is 0 Å². The summed E-state index contributed by atoms with van der Waals surface area (Å²) in [5, 5.41) is 9.50. The van der Waals surface area contributed by atoms with Gasteiger partial charge in [0.1, 0.15) is 11.4 Å². The van der Waals surface area contributed by atoms with Crippen LogP contribution >= 0.6 is 0 Å². The minimum atomic E-state index is -0.578. The summed E-state index contributed by atoms with van der Waals surface area (Å²) in [6, 6.07) is 13.8. The molecule has 0 radical (unpaired) electrons. The molecule has 2 N–H and O–H groups in total. The van der Waals surface area contributed by atoms with Gasteiger partial charge in [-0.15, -0.1) is 9.78 Å². The maximum atomic E-state index is 10.7. The van der Waals surface area contributed by atoms with Crippen molar-refractivity contribution in [2.45, 2.75) is 13.3 Å². The van der Waals surface area contributed by atoms with E-state index in [0.29, 0.717) is 17.8 Å². The van der Waals surface area contributed by atoms with E-state index in [4.69, 9.17) is 10.6 Å². The SMILES string of the molecule is C/C(=N/OCC(N)=O)c1ccc2[n+](n1)C(Cc1ccc3ncccc3c1)=N2. The summed E-state index contributed by atoms with van der Waals surface area (Å²) in [6.45, 7) is 1.49. The topological polar surface area (TPSA) is 107 Å². The third-order valence-corrected chi connectivity index (χ3v) is 4.11. The summed E-state index contributed by atoms with van der Waals surface area (Å²) in [5.74, 6) is 1.05. The first-order chi connectivity index (χ1) is 13.1. The number of aromatic nitrogens is 3. The fraction of sp³-hybridized carbons (Fsp3) is 0.158. The lowest BCUT2D eigenvalue weighted by Crippen LogP contribution is -2.54. The number of aliphatic imine (C=N–C) groups is 1. The molecule has 0 aliphatic carbocycles. The van der Waals surface area contributed by atoms with Gasteiger partial charge in [0.05, 0.1) is 11.9 Å². The molecule has 0 fully saturated rings. The molecular weight excluding hydrogens is 344 g/mol. The van der Waals surface area contributed by atoms with Gasteiger partial charge in [0.15, 0.2) is 6.61 Å². The van der Waals surface area contributed by atoms with Crippen LogP contribution in [0.1, 0.15) is 18.2 Å². The fourth-order valence-electron chi connectivity index (χ4n) is 2.79. The second kappa shape index (κ2) is 6.91. The Morgan fingerprint density at radius 1 is 1.26 bits per heavy atom. The summed E-state index contributed by atoms with van der Waals surface area (Å²) in [5.41, 5.74) is 8.31. The zero-order valence-electron chi connectivity index (χ0n) is 14.7. The van der Waals surface area contributed by atoms with Crippen molar-refractivity contribution < 1.29 is 14.3 Å². The van der Waals surface area contributed by atoms with E-state index in [1.54, 1.807) is 23.9 Å². The van der Waals surface area contributed by atoms with Crippen LogP contribution in [0.25, 0.3) is 10.9 Å². The Bertz CT molecular complexity index is 1110. The smallest absolute Gasteiger partial charge is 0.290 e. The van der Waals surface area contributed by atoms with Crippen molar-refractivity contribution in [2.75, 3.05) is 6.61 Å². The van der Waals surface area contributed by atoms with Crippen molar-refractivity contribution in [3.63, 3.8) is 0 Å². The molecular formula is C19H17N6O2+. The lowest BCUT2D eigenvalue weighted by atomic mass is 10.1. The number of nitrogens with zero attached hydrogens (tertiary/aromatic N) is 5. The quantitative estimate of drug-likeness (QED) is 0.405. The van der Waals surface area contributed by atoms with Gasteiger partial charge < -0.3 is 10.6 Å². The molecule has 0 saturated heterocycles. The molecule has 4 rings (SSSR count). The van der Waals surface area contributed by atoms with E-state index >= 15 is 0 Å². The molecule has 8 heteroatoms. The van der Waals surface area contributed by atoms with Crippen LogP contribution in [0.2, 0.25) is 0 Å². The molecule has 134 valence electrons. The first kappa shape index (κ1) is 16.8. The first-order valence-electron chi connectivity index (χ1n) is 8.40. The van der Waals surface area contributed by atoms with Gasteiger partial charge in [-0.05, 0) is 36.8 Å². The maximum absolute atomic E-state index is 10.7. The van der Waals surface area contributed by atoms with Crippen LogP contribution in [-0.4, -0.2) is 34.1 Å². The highest BCUT2D eigenvalue weighted by molar-refractivity contribution is 5.96. The van der Waals surface area contributed by atoms with E-state index in [-0.39, 0.29) is 6.61 Å². The largest absolute Gasteiger partial charge is 0.385 e. The molecule has 8 nitrogen and oxygen atoms in total. The predicted molar refractivity (Wildman–Crippen MR) is 99.7 cm³/mol. The number of hydrogen-bond donors (Lipinski definition) is 1. The number of primary amides is 1. The molecule has 0 unspecified atom stereocenters. The second-order valence-corrected chi connectivity index (χ2v) is 6.14. The van der Waals surface area contributed by atoms with Gasteiger partial charge in [0.25, 0.3) is 17.6 Å². The highest BCUT2D eigenvalue weighted by Crippen LogP contribution is 2.18. The van der Waals surface area contributed by atoms with Crippen molar-refractivity contribution in [3.05, 3.63) is 59.9 Å². The molecule has 0 bridgehead atoms. The lowest BCUT2D eigenvalue weighted by molar-refractivity contribution is -0.625. The highest BCUT2D eigenvalue weighted by Gasteiger charge is 2.28. The monoisotopic (exact) mass is 361 g/mol. The number of carbonyl (C=O) groups is 1. The number of rotatable bonds is 6. The Kier molecular flexibility index (Phi) is 4.29. The van der Waals surface area contributed by atoms with Crippen molar-refractivity contribution in [2.24, 2.45) is 15.9 Å². The van der Waals surface area contributed by atoms with Crippen LogP contribution in [0.15, 0.2) is 58.8 Å². The molecule has 27 heavy (non-hydrogen) atoms. The van der Waals surface area contributed by atoms with Crippen molar-refractivity contribution in [1.29, 1.82) is 0 Å². The molecule has 2 aromatic heterocycles. The molecule has 1 aliphatic rings. The van der Waals surface area contributed by atoms with Gasteiger partial charge in [-0.3, -0.25) is 9.78 Å². The molecule has 0 saturated carbocycles. The van der Waals surface area contributed by atoms with Gasteiger partial charge in [-0.2, -0.15) is 0 Å². The number of fused-ring (bicyclic) bond motifs is 2. The van der Waals surface area contributed by atoms with Gasteiger partial charge in [-0.25, -0.2) is 0 Å². The molecule has 0 spiro atoms. The van der Waals surface area contributed by atoms with E-state index in [9.17, 15) is 4.79 Å². The maximum Gasteiger partial charge on any atom is 0.290 e. The van der Waals surface area contributed by atoms with E-state index in [0.717, 1.165) is 28.1 Å². The number of benzene rings is 1. The minimum Gasteiger partial charge on any atom is -0.385 e. The average Bonchev–Trinajstić information content (AvgIpc) is 2.65. The molecule has 0 atom stereocenters. The number of pyridine rings is 1. The summed E-state index contributed by atoms with van der Waals surface area (Å²) >= 11 is 0. The van der Waals surface area contributed by atoms with Crippen LogP contribution in [-0.2, 0) is 16.1 Å². The second-order valence-electron chi connectivity index (χ2n) is 6.14. The van der Waals surface area contributed by atoms with Crippen molar-refractivity contribution in [3.8, 4) is 0 Å². The number of amides is 1. The van der Waals surface area contributed by atoms with E-state index in [1.165, 1.54) is 0 Å². The molecule has 1 aliphatic heterocycles. The standard InChI is InChI=1S/C19H16N6O2/c1-12(24-27-11-17(20)26)15-6-7-18-22-19(25(18)23-15)10-13-4-5-16-14(9-13)3-2-8-21-16/h2-9H,10-11H2,1H3,(H-,20,26)/p+1/b24-12-. The van der Waals surface area contributed by atoms with Crippen molar-refractivity contribution >= 4 is 34.2 Å². The third-order valence-electron chi connectivity index (χ3n) is 4.11. The Labute approximate surface area is 155 Å². The average molecular weight is 361 g/mol. The van der Waals surface area contributed by atoms with Gasteiger partial charge in [0, 0.05) is 17.6 Å². The Hall–Kier alpha value is -3.68. The van der Waals surface area contributed by atoms with E-state index in [2.05, 4.69) is 26.3 Å². The zero-order valence-corrected chi connectivity index (χ0v) is 14.7. The number of oxime groups is 1. The summed E-state index contributed by atoms with van der Waals surface area (Å²) in [6.07, 6.45) is 2.44. The molecule has 3 heterocycles. The number of nitrogens with two attached hydrogens (primary N) is 1. The Morgan fingerprint density at radius 2 is 2.15 bits per heavy atom. The Morgan fingerprint density at radius 3 is 3.00 bits per heavy atom. The fourth-order valence-corrected chi connectivity index (χ4v) is 2.79. The van der Waals surface area contributed by atoms with E-state index < -0.39 is 5.91 Å². The van der Waals surface area contributed by atoms with Crippen LogP contribution in [0, 0.1) is 0 Å². The molecule has 3 aromatic rings. The Balaban J connectivity index is 1.51. The van der Waals surface area contributed by atoms with Gasteiger partial charge in [-0.1, -0.05) is 22.3 Å². The lowest BCUT2D eigenvalue weighted by Gasteiger charge is -2.13. The van der Waals surface area contributed by atoms with Gasteiger partial charge in [0.2, 0.25) is 0 Å². The summed E-state index contributed by atoms with van der Waals surface area (Å²) < 4.78 is 1.79. The molecule has 1 aromatic carbocycles. The third kappa shape index (κ3) is 3.50. The zero-order chi connectivity index (χ0) is 18.8. The predicted octanol–water partition coefficient (Wildman–Crippen LogP) is 1.28. The summed E-state index contributed by atoms with van der Waals surface area (Å²) in [4.78, 5) is 24.5. The normalized spacial score (nSPS) is 12.9. The number of carbonyl (C=O) groups excluding carboxylic acids is 1. The minimum absolute atomic E-state index is 0.265. The number of hydrogen-bond acceptors (Lipinski definition) is 6. The van der Waals surface area contributed by atoms with Crippen LogP contribution in [0.3, 0.4) is 0 Å². The van der Waals surface area contributed by atoms with Gasteiger partial charge >= 0.3 is 0 Å². The summed E-state index contributed by atoms with van der Waals surface area (Å²) in [7, 11) is 0. The van der Waals surface area contributed by atoms with Crippen LogP contribution < -0.4 is 10.4 Å². The highest BCUT2D eigenvalue weighted by atomic mass is 16.6. The van der Waals surface area contributed by atoms with E-state index in [1.807, 2.05) is 30.3 Å². The van der Waals surface area contributed by atoms with Crippen LogP contribution in [0.4, 0.5) is 5.82 Å². The first-order valence-corrected chi connectivity index (χ1v) is 8.40.